The Labute approximate surface area is 149 Å². The van der Waals surface area contributed by atoms with Crippen molar-refractivity contribution in [1.82, 2.24) is 9.80 Å². The van der Waals surface area contributed by atoms with E-state index in [4.69, 9.17) is 11.6 Å². The number of hydrogen-bond acceptors (Lipinski definition) is 3. The summed E-state index contributed by atoms with van der Waals surface area (Å²) in [6.07, 6.45) is 4.36. The Bertz CT molecular complexity index is 585. The van der Waals surface area contributed by atoms with E-state index in [0.29, 0.717) is 23.6 Å². The number of aryl methyl sites for hydroxylation is 1. The highest BCUT2D eigenvalue weighted by molar-refractivity contribution is 6.31. The Balaban J connectivity index is 1.56. The van der Waals surface area contributed by atoms with E-state index in [0.717, 1.165) is 56.6 Å². The van der Waals surface area contributed by atoms with Crippen LogP contribution in [0, 0.1) is 12.8 Å². The van der Waals surface area contributed by atoms with Crippen molar-refractivity contribution in [2.24, 2.45) is 5.92 Å². The van der Waals surface area contributed by atoms with Gasteiger partial charge in [0.05, 0.1) is 0 Å². The number of carbonyl (C=O) groups excluding carboxylic acids is 1. The highest BCUT2D eigenvalue weighted by Gasteiger charge is 2.30. The van der Waals surface area contributed by atoms with E-state index < -0.39 is 0 Å². The van der Waals surface area contributed by atoms with Crippen molar-refractivity contribution in [3.05, 3.63) is 34.3 Å². The zero-order valence-corrected chi connectivity index (χ0v) is 15.1. The van der Waals surface area contributed by atoms with E-state index >= 15 is 0 Å². The lowest BCUT2D eigenvalue weighted by Gasteiger charge is -2.42. The lowest BCUT2D eigenvalue weighted by Crippen LogP contribution is -2.50. The van der Waals surface area contributed by atoms with Gasteiger partial charge in [-0.15, -0.1) is 0 Å². The van der Waals surface area contributed by atoms with Crippen molar-refractivity contribution in [2.75, 3.05) is 32.8 Å². The predicted molar refractivity (Wildman–Crippen MR) is 96.5 cm³/mol. The fraction of sp³-hybridized carbons (Fsp3) is 0.632. The largest absolute Gasteiger partial charge is 0.396 e. The van der Waals surface area contributed by atoms with E-state index in [1.807, 2.05) is 24.0 Å². The van der Waals surface area contributed by atoms with Crippen LogP contribution in [0.4, 0.5) is 0 Å². The lowest BCUT2D eigenvalue weighted by atomic mass is 9.94. The van der Waals surface area contributed by atoms with Crippen LogP contribution in [0.3, 0.4) is 0 Å². The van der Waals surface area contributed by atoms with Gasteiger partial charge in [-0.3, -0.25) is 9.69 Å². The zero-order chi connectivity index (χ0) is 17.1. The summed E-state index contributed by atoms with van der Waals surface area (Å²) >= 11 is 6.05. The number of carbonyl (C=O) groups is 1. The number of likely N-dealkylation sites (tertiary alicyclic amines) is 2. The van der Waals surface area contributed by atoms with Gasteiger partial charge in [0.1, 0.15) is 0 Å². The third kappa shape index (κ3) is 3.93. The van der Waals surface area contributed by atoms with Crippen LogP contribution in [0.25, 0.3) is 0 Å². The van der Waals surface area contributed by atoms with Crippen LogP contribution in [0.1, 0.15) is 41.6 Å². The number of halogens is 1. The quantitative estimate of drug-likeness (QED) is 0.911. The molecule has 0 radical (unpaired) electrons. The fourth-order valence-electron chi connectivity index (χ4n) is 3.97. The van der Waals surface area contributed by atoms with Gasteiger partial charge in [-0.2, -0.15) is 0 Å². The highest BCUT2D eigenvalue weighted by Crippen LogP contribution is 2.25. The van der Waals surface area contributed by atoms with Gasteiger partial charge >= 0.3 is 0 Å². The van der Waals surface area contributed by atoms with Crippen LogP contribution in [0.5, 0.6) is 0 Å². The first-order chi connectivity index (χ1) is 11.6. The summed E-state index contributed by atoms with van der Waals surface area (Å²) < 4.78 is 0. The molecule has 2 heterocycles. The van der Waals surface area contributed by atoms with Gasteiger partial charge in [0.2, 0.25) is 0 Å². The number of hydrogen-bond donors (Lipinski definition) is 1. The first kappa shape index (κ1) is 17.7. The molecule has 2 aliphatic heterocycles. The molecule has 0 unspecified atom stereocenters. The molecule has 24 heavy (non-hydrogen) atoms. The average Bonchev–Trinajstić information content (AvgIpc) is 2.63. The fourth-order valence-corrected chi connectivity index (χ4v) is 4.09. The molecule has 0 bridgehead atoms. The van der Waals surface area contributed by atoms with E-state index in [2.05, 4.69) is 4.90 Å². The van der Waals surface area contributed by atoms with Crippen molar-refractivity contribution in [2.45, 2.75) is 38.6 Å². The Morgan fingerprint density at radius 3 is 2.67 bits per heavy atom. The number of amides is 1. The van der Waals surface area contributed by atoms with Gasteiger partial charge in [-0.05, 0) is 68.8 Å². The molecular weight excluding hydrogens is 324 g/mol. The normalized spacial score (nSPS) is 23.5. The molecule has 5 heteroatoms. The van der Waals surface area contributed by atoms with Crippen LogP contribution in [0.2, 0.25) is 5.02 Å². The summed E-state index contributed by atoms with van der Waals surface area (Å²) in [4.78, 5) is 17.2. The Morgan fingerprint density at radius 1 is 1.25 bits per heavy atom. The summed E-state index contributed by atoms with van der Waals surface area (Å²) in [5.41, 5.74) is 1.68. The first-order valence-corrected chi connectivity index (χ1v) is 9.36. The van der Waals surface area contributed by atoms with Gasteiger partial charge in [-0.25, -0.2) is 0 Å². The van der Waals surface area contributed by atoms with E-state index in [9.17, 15) is 9.90 Å². The van der Waals surface area contributed by atoms with Crippen molar-refractivity contribution in [3.8, 4) is 0 Å². The monoisotopic (exact) mass is 350 g/mol. The van der Waals surface area contributed by atoms with Crippen molar-refractivity contribution in [1.29, 1.82) is 0 Å². The van der Waals surface area contributed by atoms with Gasteiger partial charge in [-0.1, -0.05) is 11.6 Å². The number of piperidine rings is 2. The maximum atomic E-state index is 12.7. The predicted octanol–water partition coefficient (Wildman–Crippen LogP) is 2.96. The molecule has 1 atom stereocenters. The van der Waals surface area contributed by atoms with E-state index in [1.165, 1.54) is 6.42 Å². The van der Waals surface area contributed by atoms with Gasteiger partial charge in [0.15, 0.2) is 0 Å². The standard InChI is InChI=1S/C19H27ClN2O2/c1-14-11-16(4-5-18(14)20)19(24)21-9-6-17(7-10-21)22-8-2-3-15(12-22)13-23/h4-5,11,15,17,23H,2-3,6-10,12-13H2,1H3/t15-/m0/s1. The summed E-state index contributed by atoms with van der Waals surface area (Å²) in [5, 5.41) is 10.1. The van der Waals surface area contributed by atoms with Crippen LogP contribution < -0.4 is 0 Å². The first-order valence-electron chi connectivity index (χ1n) is 8.99. The van der Waals surface area contributed by atoms with E-state index in [-0.39, 0.29) is 5.91 Å². The van der Waals surface area contributed by atoms with Gasteiger partial charge in [0, 0.05) is 42.9 Å². The number of aliphatic hydroxyl groups excluding tert-OH is 1. The van der Waals surface area contributed by atoms with Gasteiger partial charge in [0.25, 0.3) is 5.91 Å². The minimum Gasteiger partial charge on any atom is -0.396 e. The summed E-state index contributed by atoms with van der Waals surface area (Å²) in [5.74, 6) is 0.538. The molecule has 1 aromatic rings. The summed E-state index contributed by atoms with van der Waals surface area (Å²) in [7, 11) is 0. The van der Waals surface area contributed by atoms with Crippen molar-refractivity contribution in [3.63, 3.8) is 0 Å². The molecule has 2 aliphatic rings. The molecule has 2 fully saturated rings. The van der Waals surface area contributed by atoms with Crippen LogP contribution in [0.15, 0.2) is 18.2 Å². The Morgan fingerprint density at radius 2 is 2.00 bits per heavy atom. The third-order valence-corrected chi connectivity index (χ3v) is 5.91. The molecule has 1 amide bonds. The molecule has 132 valence electrons. The molecule has 4 nitrogen and oxygen atoms in total. The molecule has 0 aliphatic carbocycles. The summed E-state index contributed by atoms with van der Waals surface area (Å²) in [6, 6.07) is 6.06. The Kier molecular flexibility index (Phi) is 5.80. The second-order valence-corrected chi connectivity index (χ2v) is 7.58. The topological polar surface area (TPSA) is 43.8 Å². The lowest BCUT2D eigenvalue weighted by molar-refractivity contribution is 0.0455. The maximum absolute atomic E-state index is 12.7. The zero-order valence-electron chi connectivity index (χ0n) is 14.4. The summed E-state index contributed by atoms with van der Waals surface area (Å²) in [6.45, 7) is 5.98. The minimum atomic E-state index is 0.111. The molecular formula is C19H27ClN2O2. The second kappa shape index (κ2) is 7.85. The highest BCUT2D eigenvalue weighted by atomic mass is 35.5. The Hall–Kier alpha value is -1.10. The van der Waals surface area contributed by atoms with Gasteiger partial charge < -0.3 is 10.0 Å². The molecule has 1 aromatic carbocycles. The number of rotatable bonds is 3. The van der Waals surface area contributed by atoms with Crippen molar-refractivity contribution < 1.29 is 9.90 Å². The smallest absolute Gasteiger partial charge is 0.253 e. The molecule has 0 aromatic heterocycles. The maximum Gasteiger partial charge on any atom is 0.253 e. The molecule has 0 saturated carbocycles. The average molecular weight is 351 g/mol. The van der Waals surface area contributed by atoms with Crippen molar-refractivity contribution >= 4 is 17.5 Å². The number of aliphatic hydroxyl groups is 1. The molecule has 3 rings (SSSR count). The van der Waals surface area contributed by atoms with E-state index in [1.54, 1.807) is 6.07 Å². The van der Waals surface area contributed by atoms with Crippen LogP contribution in [-0.4, -0.2) is 59.6 Å². The minimum absolute atomic E-state index is 0.111. The SMILES string of the molecule is Cc1cc(C(=O)N2CCC(N3CCC[C@H](CO)C3)CC2)ccc1Cl. The molecule has 1 N–H and O–H groups in total. The second-order valence-electron chi connectivity index (χ2n) is 7.17. The molecule has 0 spiro atoms. The third-order valence-electron chi connectivity index (χ3n) is 5.48. The molecule has 2 saturated heterocycles. The number of benzene rings is 1. The number of nitrogens with zero attached hydrogens (tertiary/aromatic N) is 2. The van der Waals surface area contributed by atoms with Crippen LogP contribution in [-0.2, 0) is 0 Å². The van der Waals surface area contributed by atoms with Crippen LogP contribution >= 0.6 is 11.6 Å².